The van der Waals surface area contributed by atoms with Crippen LogP contribution in [0.4, 0.5) is 5.82 Å². The maximum absolute atomic E-state index is 12.3. The van der Waals surface area contributed by atoms with E-state index in [0.717, 1.165) is 11.3 Å². The first kappa shape index (κ1) is 19.3. The predicted octanol–water partition coefficient (Wildman–Crippen LogP) is 0.809. The molecule has 0 spiro atoms. The van der Waals surface area contributed by atoms with Crippen molar-refractivity contribution < 1.29 is 14.3 Å². The maximum Gasteiger partial charge on any atom is 0.327 e. The van der Waals surface area contributed by atoms with Gasteiger partial charge in [0.05, 0.1) is 25.2 Å². The van der Waals surface area contributed by atoms with Crippen molar-refractivity contribution in [3.8, 4) is 0 Å². The van der Waals surface area contributed by atoms with Gasteiger partial charge in [0.1, 0.15) is 6.54 Å². The van der Waals surface area contributed by atoms with Gasteiger partial charge < -0.3 is 20.4 Å². The molecule has 0 saturated heterocycles. The molecule has 3 rings (SSSR count). The third-order valence-corrected chi connectivity index (χ3v) is 4.07. The summed E-state index contributed by atoms with van der Waals surface area (Å²) in [6, 6.07) is 10.8. The van der Waals surface area contributed by atoms with Gasteiger partial charge in [-0.2, -0.15) is 5.10 Å². The average molecular weight is 382 g/mol. The van der Waals surface area contributed by atoms with E-state index in [1.165, 1.54) is 11.8 Å². The van der Waals surface area contributed by atoms with Crippen molar-refractivity contribution in [3.63, 3.8) is 0 Å². The Morgan fingerprint density at radius 2 is 2.04 bits per heavy atom. The summed E-state index contributed by atoms with van der Waals surface area (Å²) in [5, 5.41) is 6.72. The summed E-state index contributed by atoms with van der Waals surface area (Å²) < 4.78 is 7.89. The number of carbonyl (C=O) groups excluding carboxylic acids is 2. The summed E-state index contributed by atoms with van der Waals surface area (Å²) in [7, 11) is 1.30. The molecule has 1 atom stereocenters. The molecule has 1 aromatic carbocycles. The number of ether oxygens (including phenoxy) is 1. The van der Waals surface area contributed by atoms with Gasteiger partial charge in [0, 0.05) is 31.4 Å². The zero-order valence-electron chi connectivity index (χ0n) is 15.5. The molecule has 146 valence electrons. The Kier molecular flexibility index (Phi) is 6.18. The summed E-state index contributed by atoms with van der Waals surface area (Å²) in [6.07, 6.45) is 5.48. The number of hydrogen-bond acceptors (Lipinski definition) is 6. The van der Waals surface area contributed by atoms with Crippen LogP contribution in [-0.4, -0.2) is 44.4 Å². The molecule has 0 aliphatic carbocycles. The molecule has 9 nitrogen and oxygen atoms in total. The number of hydrogen-bond donors (Lipinski definition) is 2. The highest BCUT2D eigenvalue weighted by Gasteiger charge is 2.17. The molecule has 2 aromatic heterocycles. The van der Waals surface area contributed by atoms with Gasteiger partial charge in [-0.05, 0) is 5.56 Å². The van der Waals surface area contributed by atoms with E-state index < -0.39 is 12.0 Å². The molecule has 0 saturated carbocycles. The molecule has 3 aromatic rings. The zero-order chi connectivity index (χ0) is 19.9. The van der Waals surface area contributed by atoms with Crippen LogP contribution in [0.25, 0.3) is 0 Å². The number of carbonyl (C=O) groups is 2. The minimum absolute atomic E-state index is 0.0305. The van der Waals surface area contributed by atoms with Gasteiger partial charge in [-0.25, -0.2) is 4.98 Å². The molecular formula is C19H22N6O3. The van der Waals surface area contributed by atoms with Crippen molar-refractivity contribution in [3.05, 3.63) is 66.4 Å². The molecule has 0 fully saturated rings. The summed E-state index contributed by atoms with van der Waals surface area (Å²) in [5.74, 6) is -0.483. The third-order valence-electron chi connectivity index (χ3n) is 4.07. The second kappa shape index (κ2) is 8.96. The van der Waals surface area contributed by atoms with Crippen molar-refractivity contribution in [2.24, 2.45) is 5.73 Å². The number of nitrogens with two attached hydrogens (primary N) is 1. The Morgan fingerprint density at radius 3 is 2.79 bits per heavy atom. The van der Waals surface area contributed by atoms with E-state index in [-0.39, 0.29) is 12.5 Å². The van der Waals surface area contributed by atoms with E-state index in [2.05, 4.69) is 20.1 Å². The lowest BCUT2D eigenvalue weighted by molar-refractivity contribution is -0.141. The molecule has 9 heteroatoms. The van der Waals surface area contributed by atoms with Crippen LogP contribution in [0.3, 0.4) is 0 Å². The first-order valence-corrected chi connectivity index (χ1v) is 8.75. The molecule has 0 bridgehead atoms. The minimum atomic E-state index is -0.772. The number of imidazole rings is 1. The monoisotopic (exact) mass is 382 g/mol. The average Bonchev–Trinajstić information content (AvgIpc) is 3.31. The van der Waals surface area contributed by atoms with E-state index in [4.69, 9.17) is 5.73 Å². The number of aromatic nitrogens is 4. The fourth-order valence-electron chi connectivity index (χ4n) is 2.64. The molecule has 0 radical (unpaired) electrons. The summed E-state index contributed by atoms with van der Waals surface area (Å²) in [6.45, 7) is 0.671. The second-order valence-corrected chi connectivity index (χ2v) is 6.30. The van der Waals surface area contributed by atoms with Gasteiger partial charge in [0.15, 0.2) is 5.82 Å². The SMILES string of the molecule is COC(=O)Cn1ccc(NC(=O)[C@@H](N)Cc2cn(Cc3ccccc3)cn2)n1. The van der Waals surface area contributed by atoms with E-state index in [9.17, 15) is 9.59 Å². The van der Waals surface area contributed by atoms with Crippen LogP contribution < -0.4 is 11.1 Å². The number of nitrogens with zero attached hydrogens (tertiary/aromatic N) is 4. The molecule has 28 heavy (non-hydrogen) atoms. The topological polar surface area (TPSA) is 117 Å². The van der Waals surface area contributed by atoms with Gasteiger partial charge in [0.2, 0.25) is 5.91 Å². The molecule has 0 unspecified atom stereocenters. The largest absolute Gasteiger partial charge is 0.468 e. The molecular weight excluding hydrogens is 360 g/mol. The third kappa shape index (κ3) is 5.27. The fraction of sp³-hybridized carbons (Fsp3) is 0.263. The zero-order valence-corrected chi connectivity index (χ0v) is 15.5. The molecule has 0 aliphatic rings. The van der Waals surface area contributed by atoms with Crippen LogP contribution in [0.15, 0.2) is 55.1 Å². The van der Waals surface area contributed by atoms with Crippen LogP contribution in [-0.2, 0) is 33.8 Å². The highest BCUT2D eigenvalue weighted by Crippen LogP contribution is 2.07. The highest BCUT2D eigenvalue weighted by atomic mass is 16.5. The van der Waals surface area contributed by atoms with Crippen molar-refractivity contribution in [1.29, 1.82) is 0 Å². The Hall–Kier alpha value is -3.46. The minimum Gasteiger partial charge on any atom is -0.468 e. The second-order valence-electron chi connectivity index (χ2n) is 6.30. The van der Waals surface area contributed by atoms with E-state index in [0.29, 0.717) is 18.8 Å². The van der Waals surface area contributed by atoms with Gasteiger partial charge in [-0.15, -0.1) is 0 Å². The smallest absolute Gasteiger partial charge is 0.327 e. The Labute approximate surface area is 162 Å². The van der Waals surface area contributed by atoms with E-state index in [1.54, 1.807) is 18.6 Å². The van der Waals surface area contributed by atoms with Crippen molar-refractivity contribution in [2.75, 3.05) is 12.4 Å². The lowest BCUT2D eigenvalue weighted by atomic mass is 10.1. The van der Waals surface area contributed by atoms with Crippen LogP contribution in [0, 0.1) is 0 Å². The molecule has 3 N–H and O–H groups in total. The lowest BCUT2D eigenvalue weighted by Crippen LogP contribution is -2.37. The molecule has 0 aliphatic heterocycles. The predicted molar refractivity (Wildman–Crippen MR) is 102 cm³/mol. The maximum atomic E-state index is 12.3. The number of methoxy groups -OCH3 is 1. The van der Waals surface area contributed by atoms with Gasteiger partial charge in [-0.3, -0.25) is 14.3 Å². The first-order chi connectivity index (χ1) is 13.5. The van der Waals surface area contributed by atoms with Gasteiger partial charge in [0.25, 0.3) is 0 Å². The highest BCUT2D eigenvalue weighted by molar-refractivity contribution is 5.94. The number of benzene rings is 1. The lowest BCUT2D eigenvalue weighted by Gasteiger charge is -2.09. The number of rotatable bonds is 8. The van der Waals surface area contributed by atoms with E-state index in [1.807, 2.05) is 41.1 Å². The van der Waals surface area contributed by atoms with E-state index >= 15 is 0 Å². The Bertz CT molecular complexity index is 934. The van der Waals surface area contributed by atoms with Crippen LogP contribution >= 0.6 is 0 Å². The number of nitrogens with one attached hydrogen (secondary N) is 1. The number of anilines is 1. The normalized spacial score (nSPS) is 11.8. The van der Waals surface area contributed by atoms with Crippen LogP contribution in [0.2, 0.25) is 0 Å². The van der Waals surface area contributed by atoms with Crippen molar-refractivity contribution in [1.82, 2.24) is 19.3 Å². The number of amides is 1. The van der Waals surface area contributed by atoms with Crippen LogP contribution in [0.1, 0.15) is 11.3 Å². The fourth-order valence-corrected chi connectivity index (χ4v) is 2.64. The summed E-state index contributed by atoms with van der Waals surface area (Å²) in [4.78, 5) is 27.9. The molecule has 2 heterocycles. The standard InChI is InChI=1S/C19H22N6O3/c1-28-18(26)12-25-8-7-17(23-25)22-19(27)16(20)9-15-11-24(13-21-15)10-14-5-3-2-4-6-14/h2-8,11,13,16H,9-10,12,20H2,1H3,(H,22,23,27)/t16-/m0/s1. The van der Waals surface area contributed by atoms with Gasteiger partial charge >= 0.3 is 5.97 Å². The Morgan fingerprint density at radius 1 is 1.25 bits per heavy atom. The van der Waals surface area contributed by atoms with Crippen molar-refractivity contribution >= 4 is 17.7 Å². The molecule has 1 amide bonds. The van der Waals surface area contributed by atoms with Gasteiger partial charge in [-0.1, -0.05) is 30.3 Å². The van der Waals surface area contributed by atoms with Crippen molar-refractivity contribution in [2.45, 2.75) is 25.6 Å². The first-order valence-electron chi connectivity index (χ1n) is 8.75. The van der Waals surface area contributed by atoms with Crippen LogP contribution in [0.5, 0.6) is 0 Å². The summed E-state index contributed by atoms with van der Waals surface area (Å²) in [5.41, 5.74) is 7.89. The summed E-state index contributed by atoms with van der Waals surface area (Å²) >= 11 is 0. The number of esters is 1. The Balaban J connectivity index is 1.52. The quantitative estimate of drug-likeness (QED) is 0.557.